The largest absolute Gasteiger partial charge is 0.375 e. The lowest BCUT2D eigenvalue weighted by molar-refractivity contribution is -0.130. The van der Waals surface area contributed by atoms with E-state index in [1.165, 1.54) is 0 Å². The van der Waals surface area contributed by atoms with Crippen LogP contribution in [0.4, 0.5) is 0 Å². The van der Waals surface area contributed by atoms with E-state index in [0.29, 0.717) is 32.9 Å². The Labute approximate surface area is 145 Å². The van der Waals surface area contributed by atoms with Crippen molar-refractivity contribution in [2.75, 3.05) is 19.8 Å². The fourth-order valence-corrected chi connectivity index (χ4v) is 3.24. The van der Waals surface area contributed by atoms with Crippen LogP contribution in [-0.2, 0) is 27.4 Å². The van der Waals surface area contributed by atoms with Crippen LogP contribution in [0.2, 0.25) is 0 Å². The summed E-state index contributed by atoms with van der Waals surface area (Å²) in [4.78, 5) is 16.1. The van der Waals surface area contributed by atoms with E-state index in [-0.39, 0.29) is 17.9 Å². The zero-order valence-electron chi connectivity index (χ0n) is 13.9. The molecule has 2 atom stereocenters. The first-order valence-electron chi connectivity index (χ1n) is 8.61. The topological polar surface area (TPSA) is 91.2 Å². The normalized spacial score (nSPS) is 23.0. The maximum Gasteiger partial charge on any atom is 0.249 e. The molecule has 0 bridgehead atoms. The summed E-state index contributed by atoms with van der Waals surface area (Å²) in [6, 6.07) is 3.82. The number of aromatic nitrogens is 4. The predicted molar refractivity (Wildman–Crippen MR) is 88.4 cm³/mol. The van der Waals surface area contributed by atoms with Crippen molar-refractivity contribution in [3.05, 3.63) is 30.2 Å². The molecule has 1 fully saturated rings. The van der Waals surface area contributed by atoms with Gasteiger partial charge in [0.2, 0.25) is 5.91 Å². The van der Waals surface area contributed by atoms with Crippen LogP contribution in [0.25, 0.3) is 11.3 Å². The first-order valence-corrected chi connectivity index (χ1v) is 8.61. The lowest BCUT2D eigenvalue weighted by Gasteiger charge is -2.16. The molecule has 8 heteroatoms. The highest BCUT2D eigenvalue weighted by Gasteiger charge is 2.26. The standard InChI is InChI=1S/C17H21N5O3/c23-17(15-2-1-7-25-15)19-8-12-9-22-14(11-24-10-12)16(20-21-22)13-3-5-18-6-4-13/h3-6,12,15H,1-2,7-11H2,(H,19,23)/t12?,15-/m0/s1. The average molecular weight is 343 g/mol. The SMILES string of the molecule is O=C(NCC1COCc2c(-c3ccncc3)nnn2C1)[C@@H]1CCCO1. The zero-order valence-corrected chi connectivity index (χ0v) is 13.9. The molecular formula is C17H21N5O3. The first-order chi connectivity index (χ1) is 12.3. The molecule has 0 aromatic carbocycles. The Morgan fingerprint density at radius 1 is 1.36 bits per heavy atom. The molecule has 1 saturated heterocycles. The van der Waals surface area contributed by atoms with Gasteiger partial charge in [-0.3, -0.25) is 9.78 Å². The third-order valence-electron chi connectivity index (χ3n) is 4.60. The van der Waals surface area contributed by atoms with E-state index >= 15 is 0 Å². The number of ether oxygens (including phenoxy) is 2. The number of nitrogens with zero attached hydrogens (tertiary/aromatic N) is 4. The summed E-state index contributed by atoms with van der Waals surface area (Å²) >= 11 is 0. The quantitative estimate of drug-likeness (QED) is 0.882. The van der Waals surface area contributed by atoms with Gasteiger partial charge in [-0.05, 0) is 25.0 Å². The number of amides is 1. The minimum atomic E-state index is -0.299. The molecule has 0 saturated carbocycles. The van der Waals surface area contributed by atoms with Gasteiger partial charge >= 0.3 is 0 Å². The fourth-order valence-electron chi connectivity index (χ4n) is 3.24. The van der Waals surface area contributed by atoms with Crippen LogP contribution >= 0.6 is 0 Å². The van der Waals surface area contributed by atoms with Gasteiger partial charge < -0.3 is 14.8 Å². The van der Waals surface area contributed by atoms with E-state index < -0.39 is 0 Å². The van der Waals surface area contributed by atoms with E-state index in [4.69, 9.17) is 9.47 Å². The van der Waals surface area contributed by atoms with E-state index in [1.807, 2.05) is 16.8 Å². The Morgan fingerprint density at radius 2 is 2.24 bits per heavy atom. The molecule has 25 heavy (non-hydrogen) atoms. The number of carbonyl (C=O) groups is 1. The Hall–Kier alpha value is -2.32. The molecule has 0 radical (unpaired) electrons. The van der Waals surface area contributed by atoms with Gasteiger partial charge in [-0.2, -0.15) is 0 Å². The zero-order chi connectivity index (χ0) is 17.1. The van der Waals surface area contributed by atoms with Gasteiger partial charge in [0.1, 0.15) is 11.8 Å². The fraction of sp³-hybridized carbons (Fsp3) is 0.529. The van der Waals surface area contributed by atoms with Crippen LogP contribution in [0.15, 0.2) is 24.5 Å². The first kappa shape index (κ1) is 16.2. The molecule has 1 unspecified atom stereocenters. The van der Waals surface area contributed by atoms with Crippen molar-refractivity contribution in [3.8, 4) is 11.3 Å². The van der Waals surface area contributed by atoms with Crippen molar-refractivity contribution in [1.82, 2.24) is 25.3 Å². The summed E-state index contributed by atoms with van der Waals surface area (Å²) in [5.41, 5.74) is 2.76. The molecule has 132 valence electrons. The van der Waals surface area contributed by atoms with Crippen molar-refractivity contribution in [3.63, 3.8) is 0 Å². The van der Waals surface area contributed by atoms with Crippen LogP contribution < -0.4 is 5.32 Å². The summed E-state index contributed by atoms with van der Waals surface area (Å²) in [5.74, 6) is 0.122. The second-order valence-electron chi connectivity index (χ2n) is 6.43. The Kier molecular flexibility index (Phi) is 4.71. The lowest BCUT2D eigenvalue weighted by Crippen LogP contribution is -2.38. The Morgan fingerprint density at radius 3 is 3.04 bits per heavy atom. The van der Waals surface area contributed by atoms with Crippen LogP contribution in [0.1, 0.15) is 18.5 Å². The molecule has 2 aliphatic heterocycles. The minimum Gasteiger partial charge on any atom is -0.375 e. The van der Waals surface area contributed by atoms with Gasteiger partial charge in [0.05, 0.1) is 18.9 Å². The van der Waals surface area contributed by atoms with Crippen molar-refractivity contribution in [1.29, 1.82) is 0 Å². The van der Waals surface area contributed by atoms with E-state index in [1.54, 1.807) is 12.4 Å². The highest BCUT2D eigenvalue weighted by molar-refractivity contribution is 5.80. The molecule has 8 nitrogen and oxygen atoms in total. The predicted octanol–water partition coefficient (Wildman–Crippen LogP) is 0.782. The Bertz CT molecular complexity index is 727. The molecule has 2 aliphatic rings. The van der Waals surface area contributed by atoms with Gasteiger partial charge in [0.25, 0.3) is 0 Å². The number of hydrogen-bond acceptors (Lipinski definition) is 6. The summed E-state index contributed by atoms with van der Waals surface area (Å²) < 4.78 is 13.1. The van der Waals surface area contributed by atoms with Crippen LogP contribution in [0.3, 0.4) is 0 Å². The molecule has 2 aromatic rings. The second-order valence-corrected chi connectivity index (χ2v) is 6.43. The summed E-state index contributed by atoms with van der Waals surface area (Å²) in [5, 5.41) is 11.6. The number of pyridine rings is 1. The highest BCUT2D eigenvalue weighted by atomic mass is 16.5. The molecular weight excluding hydrogens is 322 g/mol. The van der Waals surface area contributed by atoms with Crippen LogP contribution in [0, 0.1) is 5.92 Å². The summed E-state index contributed by atoms with van der Waals surface area (Å²) in [6.07, 6.45) is 4.93. The third-order valence-corrected chi connectivity index (χ3v) is 4.60. The van der Waals surface area contributed by atoms with Crippen molar-refractivity contribution < 1.29 is 14.3 Å². The Balaban J connectivity index is 1.42. The van der Waals surface area contributed by atoms with Crippen molar-refractivity contribution in [2.24, 2.45) is 5.92 Å². The monoisotopic (exact) mass is 343 g/mol. The van der Waals surface area contributed by atoms with Gasteiger partial charge in [-0.25, -0.2) is 4.68 Å². The van der Waals surface area contributed by atoms with Gasteiger partial charge in [-0.15, -0.1) is 5.10 Å². The number of carbonyl (C=O) groups excluding carboxylic acids is 1. The molecule has 4 heterocycles. The maximum absolute atomic E-state index is 12.1. The van der Waals surface area contributed by atoms with Crippen LogP contribution in [-0.4, -0.2) is 51.7 Å². The molecule has 1 amide bonds. The van der Waals surface area contributed by atoms with E-state index in [9.17, 15) is 4.79 Å². The molecule has 0 aliphatic carbocycles. The number of nitrogens with one attached hydrogen (secondary N) is 1. The van der Waals surface area contributed by atoms with Crippen molar-refractivity contribution in [2.45, 2.75) is 32.1 Å². The van der Waals surface area contributed by atoms with Gasteiger partial charge in [0, 0.05) is 43.6 Å². The third kappa shape index (κ3) is 3.54. The average Bonchev–Trinajstić information content (AvgIpc) is 3.27. The number of hydrogen-bond donors (Lipinski definition) is 1. The minimum absolute atomic E-state index is 0.0296. The molecule has 1 N–H and O–H groups in total. The molecule has 0 spiro atoms. The van der Waals surface area contributed by atoms with Gasteiger partial charge in [-0.1, -0.05) is 5.21 Å². The summed E-state index contributed by atoms with van der Waals surface area (Å²) in [6.45, 7) is 2.91. The van der Waals surface area contributed by atoms with Gasteiger partial charge in [0.15, 0.2) is 0 Å². The number of fused-ring (bicyclic) bond motifs is 1. The van der Waals surface area contributed by atoms with Crippen LogP contribution in [0.5, 0.6) is 0 Å². The molecule has 2 aromatic heterocycles. The highest BCUT2D eigenvalue weighted by Crippen LogP contribution is 2.24. The number of rotatable bonds is 4. The smallest absolute Gasteiger partial charge is 0.249 e. The summed E-state index contributed by atoms with van der Waals surface area (Å²) in [7, 11) is 0. The second kappa shape index (κ2) is 7.28. The van der Waals surface area contributed by atoms with E-state index in [0.717, 1.165) is 29.8 Å². The van der Waals surface area contributed by atoms with E-state index in [2.05, 4.69) is 20.6 Å². The maximum atomic E-state index is 12.1. The lowest BCUT2D eigenvalue weighted by atomic mass is 10.1. The molecule has 4 rings (SSSR count). The van der Waals surface area contributed by atoms with Crippen molar-refractivity contribution >= 4 is 5.91 Å².